The minimum atomic E-state index is -0.802. The predicted molar refractivity (Wildman–Crippen MR) is 81.8 cm³/mol. The molecule has 2 atom stereocenters. The summed E-state index contributed by atoms with van der Waals surface area (Å²) in [5, 5.41) is 27.9. The van der Waals surface area contributed by atoms with Crippen LogP contribution in [-0.2, 0) is 0 Å². The van der Waals surface area contributed by atoms with Crippen LogP contribution in [0.15, 0.2) is 12.2 Å². The Kier molecular flexibility index (Phi) is 13.3. The van der Waals surface area contributed by atoms with Crippen LogP contribution in [0.4, 0.5) is 0 Å². The van der Waals surface area contributed by atoms with Crippen molar-refractivity contribution in [2.75, 3.05) is 6.61 Å². The molecule has 3 N–H and O–H groups in total. The number of rotatable bonds is 9. The number of hydrogen-bond acceptors (Lipinski definition) is 3. The summed E-state index contributed by atoms with van der Waals surface area (Å²) in [6.45, 7) is 2.13. The van der Waals surface area contributed by atoms with Crippen LogP contribution in [0, 0.1) is 23.7 Å². The van der Waals surface area contributed by atoms with Crippen molar-refractivity contribution in [3.63, 3.8) is 0 Å². The van der Waals surface area contributed by atoms with Crippen LogP contribution in [0.5, 0.6) is 0 Å². The third kappa shape index (κ3) is 11.8. The van der Waals surface area contributed by atoms with Gasteiger partial charge in [0, 0.05) is 6.42 Å². The van der Waals surface area contributed by atoms with Crippen molar-refractivity contribution in [1.29, 1.82) is 0 Å². The lowest BCUT2D eigenvalue weighted by Gasteiger charge is -2.15. The van der Waals surface area contributed by atoms with E-state index in [1.165, 1.54) is 31.4 Å². The molecule has 0 spiro atoms. The van der Waals surface area contributed by atoms with Crippen LogP contribution in [0.2, 0.25) is 0 Å². The van der Waals surface area contributed by atoms with Gasteiger partial charge in [-0.2, -0.15) is 0 Å². The van der Waals surface area contributed by atoms with Crippen molar-refractivity contribution in [3.05, 3.63) is 12.2 Å². The highest BCUT2D eigenvalue weighted by Gasteiger charge is 2.14. The molecule has 0 aliphatic heterocycles. The molecule has 0 saturated heterocycles. The molecule has 0 aromatic heterocycles. The fourth-order valence-electron chi connectivity index (χ4n) is 1.67. The molecule has 0 heterocycles. The van der Waals surface area contributed by atoms with E-state index in [1.54, 1.807) is 0 Å². The van der Waals surface area contributed by atoms with E-state index in [1.807, 2.05) is 0 Å². The Labute approximate surface area is 122 Å². The Hall–Kier alpha value is -1.26. The Bertz CT molecular complexity index is 365. The molecule has 3 heteroatoms. The second-order valence-corrected chi connectivity index (χ2v) is 4.70. The lowest BCUT2D eigenvalue weighted by Crippen LogP contribution is -2.25. The third-order valence-corrected chi connectivity index (χ3v) is 2.89. The van der Waals surface area contributed by atoms with Crippen LogP contribution in [-0.4, -0.2) is 34.1 Å². The Morgan fingerprint density at radius 1 is 1.00 bits per heavy atom. The highest BCUT2D eigenvalue weighted by atomic mass is 16.3. The Morgan fingerprint density at radius 3 is 2.45 bits per heavy atom. The fourth-order valence-corrected chi connectivity index (χ4v) is 1.67. The molecule has 0 unspecified atom stereocenters. The topological polar surface area (TPSA) is 60.7 Å². The number of aliphatic hydroxyl groups is 3. The van der Waals surface area contributed by atoms with Crippen molar-refractivity contribution in [1.82, 2.24) is 0 Å². The molecule has 0 radical (unpaired) electrons. The minimum absolute atomic E-state index is 0.0364. The van der Waals surface area contributed by atoms with Gasteiger partial charge in [0.1, 0.15) is 0 Å². The standard InChI is InChI=1S/C17H26O3/c1-2-3-4-7-10-13-16(19)17(20)14-11-8-5-6-9-12-15-18/h9,12,16-20H,2-4,7,10,13-15H2,1H3/t16-,17-/m1/s1. The molecule has 3 nitrogen and oxygen atoms in total. The van der Waals surface area contributed by atoms with Gasteiger partial charge in [0.2, 0.25) is 0 Å². The molecule has 0 aromatic carbocycles. The summed E-state index contributed by atoms with van der Waals surface area (Å²) in [5.41, 5.74) is 0. The maximum atomic E-state index is 9.75. The summed E-state index contributed by atoms with van der Waals surface area (Å²) in [5.74, 6) is 10.5. The van der Waals surface area contributed by atoms with E-state index in [0.717, 1.165) is 12.8 Å². The zero-order valence-electron chi connectivity index (χ0n) is 12.3. The van der Waals surface area contributed by atoms with Gasteiger partial charge in [-0.3, -0.25) is 0 Å². The molecule has 0 aliphatic carbocycles. The quantitative estimate of drug-likeness (QED) is 0.447. The van der Waals surface area contributed by atoms with Crippen molar-refractivity contribution in [2.24, 2.45) is 0 Å². The Balaban J connectivity index is 3.78. The lowest BCUT2D eigenvalue weighted by molar-refractivity contribution is 0.0165. The second-order valence-electron chi connectivity index (χ2n) is 4.70. The number of allylic oxidation sites excluding steroid dienone is 1. The first-order valence-corrected chi connectivity index (χ1v) is 7.32. The van der Waals surface area contributed by atoms with Crippen LogP contribution < -0.4 is 0 Å². The molecule has 0 amide bonds. The fraction of sp³-hybridized carbons (Fsp3) is 0.647. The summed E-state index contributed by atoms with van der Waals surface area (Å²) in [4.78, 5) is 0. The monoisotopic (exact) mass is 278 g/mol. The van der Waals surface area contributed by atoms with Gasteiger partial charge in [0.25, 0.3) is 0 Å². The van der Waals surface area contributed by atoms with Crippen LogP contribution in [0.1, 0.15) is 51.9 Å². The highest BCUT2D eigenvalue weighted by molar-refractivity contribution is 5.30. The molecular formula is C17H26O3. The van der Waals surface area contributed by atoms with Gasteiger partial charge in [-0.1, -0.05) is 56.9 Å². The van der Waals surface area contributed by atoms with Gasteiger partial charge in [-0.05, 0) is 24.3 Å². The second kappa shape index (κ2) is 14.2. The molecule has 0 fully saturated rings. The Morgan fingerprint density at radius 2 is 1.75 bits per heavy atom. The molecule has 0 rings (SSSR count). The number of hydrogen-bond donors (Lipinski definition) is 3. The summed E-state index contributed by atoms with van der Waals surface area (Å²) in [6, 6.07) is 0. The maximum Gasteiger partial charge on any atom is 0.0908 e. The van der Waals surface area contributed by atoms with E-state index in [9.17, 15) is 10.2 Å². The van der Waals surface area contributed by atoms with E-state index < -0.39 is 12.2 Å². The summed E-state index contributed by atoms with van der Waals surface area (Å²) in [7, 11) is 0. The zero-order valence-corrected chi connectivity index (χ0v) is 12.3. The average Bonchev–Trinajstić information content (AvgIpc) is 2.45. The van der Waals surface area contributed by atoms with E-state index in [-0.39, 0.29) is 13.0 Å². The van der Waals surface area contributed by atoms with Gasteiger partial charge in [-0.15, -0.1) is 0 Å². The molecular weight excluding hydrogens is 252 g/mol. The van der Waals surface area contributed by atoms with E-state index in [0.29, 0.717) is 6.42 Å². The van der Waals surface area contributed by atoms with Crippen molar-refractivity contribution in [3.8, 4) is 23.7 Å². The minimum Gasteiger partial charge on any atom is -0.392 e. The summed E-state index contributed by atoms with van der Waals surface area (Å²) < 4.78 is 0. The first kappa shape index (κ1) is 18.7. The maximum absolute atomic E-state index is 9.75. The smallest absolute Gasteiger partial charge is 0.0908 e. The average molecular weight is 278 g/mol. The van der Waals surface area contributed by atoms with Gasteiger partial charge >= 0.3 is 0 Å². The highest BCUT2D eigenvalue weighted by Crippen LogP contribution is 2.10. The summed E-state index contributed by atoms with van der Waals surface area (Å²) >= 11 is 0. The molecule has 0 saturated carbocycles. The van der Waals surface area contributed by atoms with Crippen molar-refractivity contribution < 1.29 is 15.3 Å². The van der Waals surface area contributed by atoms with E-state index >= 15 is 0 Å². The van der Waals surface area contributed by atoms with Gasteiger partial charge in [-0.25, -0.2) is 0 Å². The van der Waals surface area contributed by atoms with E-state index in [4.69, 9.17) is 5.11 Å². The van der Waals surface area contributed by atoms with Crippen molar-refractivity contribution >= 4 is 0 Å². The molecule has 20 heavy (non-hydrogen) atoms. The SMILES string of the molecule is CCCCCCC[C@@H](O)[C@H](O)CC#CC#CC=CCO. The van der Waals surface area contributed by atoms with Gasteiger partial charge in [0.15, 0.2) is 0 Å². The molecule has 0 bridgehead atoms. The largest absolute Gasteiger partial charge is 0.392 e. The zero-order chi connectivity index (χ0) is 15.1. The lowest BCUT2D eigenvalue weighted by atomic mass is 10.0. The first-order valence-electron chi connectivity index (χ1n) is 7.32. The number of aliphatic hydroxyl groups excluding tert-OH is 3. The summed E-state index contributed by atoms with van der Waals surface area (Å²) in [6.07, 6.45) is 8.06. The van der Waals surface area contributed by atoms with Gasteiger partial charge < -0.3 is 15.3 Å². The van der Waals surface area contributed by atoms with Crippen LogP contribution >= 0.6 is 0 Å². The van der Waals surface area contributed by atoms with Gasteiger partial charge in [0.05, 0.1) is 18.8 Å². The van der Waals surface area contributed by atoms with Crippen molar-refractivity contribution in [2.45, 2.75) is 64.1 Å². The molecule has 112 valence electrons. The van der Waals surface area contributed by atoms with E-state index in [2.05, 4.69) is 30.6 Å². The number of unbranched alkanes of at least 4 members (excludes halogenated alkanes) is 4. The molecule has 0 aromatic rings. The van der Waals surface area contributed by atoms with Crippen LogP contribution in [0.25, 0.3) is 0 Å². The van der Waals surface area contributed by atoms with Crippen LogP contribution in [0.3, 0.4) is 0 Å². The first-order chi connectivity index (χ1) is 9.72. The third-order valence-electron chi connectivity index (χ3n) is 2.89. The normalized spacial score (nSPS) is 13.2. The molecule has 0 aliphatic rings. The predicted octanol–water partition coefficient (Wildman–Crippen LogP) is 2.01.